The van der Waals surface area contributed by atoms with Crippen LogP contribution in [0.1, 0.15) is 12.6 Å². The molecule has 0 radical (unpaired) electrons. The Morgan fingerprint density at radius 1 is 1.53 bits per heavy atom. The molecule has 2 rings (SSSR count). The van der Waals surface area contributed by atoms with E-state index < -0.39 is 0 Å². The predicted molar refractivity (Wildman–Crippen MR) is 56.4 cm³/mol. The minimum Gasteiger partial charge on any atom is -0.351 e. The summed E-state index contributed by atoms with van der Waals surface area (Å²) >= 11 is 0. The minimum absolute atomic E-state index is 0.299. The molecule has 15 heavy (non-hydrogen) atoms. The molecule has 1 N–H and O–H groups in total. The van der Waals surface area contributed by atoms with Gasteiger partial charge in [-0.3, -0.25) is 0 Å². The summed E-state index contributed by atoms with van der Waals surface area (Å²) in [6.07, 6.45) is 1.42. The molecular weight excluding hydrogens is 195 g/mol. The predicted octanol–water partition coefficient (Wildman–Crippen LogP) is 0.722. The van der Waals surface area contributed by atoms with Crippen LogP contribution in [0.2, 0.25) is 0 Å². The minimum atomic E-state index is -0.299. The van der Waals surface area contributed by atoms with Gasteiger partial charge in [0.1, 0.15) is 6.33 Å². The van der Waals surface area contributed by atoms with Crippen molar-refractivity contribution in [1.82, 2.24) is 15.3 Å². The molecule has 0 spiro atoms. The summed E-state index contributed by atoms with van der Waals surface area (Å²) in [5.41, 5.74) is 0.409. The number of aromatic nitrogens is 2. The molecule has 1 saturated heterocycles. The fourth-order valence-corrected chi connectivity index (χ4v) is 1.79. The largest absolute Gasteiger partial charge is 0.351 e. The van der Waals surface area contributed by atoms with E-state index in [1.165, 1.54) is 6.33 Å². The molecule has 0 amide bonds. The first kappa shape index (κ1) is 10.3. The Kier molecular flexibility index (Phi) is 2.81. The zero-order valence-corrected chi connectivity index (χ0v) is 9.00. The molecule has 0 saturated carbocycles. The number of rotatable bonds is 1. The van der Waals surface area contributed by atoms with Crippen LogP contribution < -0.4 is 10.2 Å². The average molecular weight is 210 g/mol. The Morgan fingerprint density at radius 2 is 2.33 bits per heavy atom. The molecule has 4 nitrogen and oxygen atoms in total. The van der Waals surface area contributed by atoms with Crippen molar-refractivity contribution in [3.8, 4) is 0 Å². The van der Waals surface area contributed by atoms with Crippen molar-refractivity contribution in [1.29, 1.82) is 0 Å². The normalized spacial score (nSPS) is 21.8. The number of aryl methyl sites for hydroxylation is 1. The maximum absolute atomic E-state index is 13.7. The van der Waals surface area contributed by atoms with Gasteiger partial charge >= 0.3 is 0 Å². The van der Waals surface area contributed by atoms with E-state index in [9.17, 15) is 4.39 Å². The summed E-state index contributed by atoms with van der Waals surface area (Å²) < 4.78 is 13.7. The standard InChI is InChI=1S/C10H15FN4/c1-7-5-15(4-3-12-7)10-9(11)8(2)13-6-14-10/h6-7,12H,3-5H2,1-2H3/t7-/m0/s1. The van der Waals surface area contributed by atoms with Gasteiger partial charge < -0.3 is 10.2 Å². The molecule has 0 bridgehead atoms. The van der Waals surface area contributed by atoms with Gasteiger partial charge in [0.15, 0.2) is 11.6 Å². The van der Waals surface area contributed by atoms with Crippen LogP contribution >= 0.6 is 0 Å². The molecule has 0 aromatic carbocycles. The zero-order valence-electron chi connectivity index (χ0n) is 9.00. The van der Waals surface area contributed by atoms with E-state index in [1.807, 2.05) is 4.90 Å². The summed E-state index contributed by atoms with van der Waals surface area (Å²) in [6, 6.07) is 0.369. The Balaban J connectivity index is 2.24. The van der Waals surface area contributed by atoms with E-state index in [1.54, 1.807) is 6.92 Å². The topological polar surface area (TPSA) is 41.1 Å². The quantitative estimate of drug-likeness (QED) is 0.741. The number of hydrogen-bond acceptors (Lipinski definition) is 4. The highest BCUT2D eigenvalue weighted by Crippen LogP contribution is 2.18. The fourth-order valence-electron chi connectivity index (χ4n) is 1.79. The molecular formula is C10H15FN4. The average Bonchev–Trinajstić information content (AvgIpc) is 2.22. The summed E-state index contributed by atoms with van der Waals surface area (Å²) in [5.74, 6) is 0.127. The Morgan fingerprint density at radius 3 is 3.07 bits per heavy atom. The lowest BCUT2D eigenvalue weighted by Gasteiger charge is -2.32. The van der Waals surface area contributed by atoms with E-state index in [0.29, 0.717) is 17.6 Å². The van der Waals surface area contributed by atoms with Crippen LogP contribution in [0.25, 0.3) is 0 Å². The highest BCUT2D eigenvalue weighted by Gasteiger charge is 2.20. The number of nitrogens with one attached hydrogen (secondary N) is 1. The SMILES string of the molecule is Cc1ncnc(N2CCN[C@@H](C)C2)c1F. The van der Waals surface area contributed by atoms with E-state index in [-0.39, 0.29) is 5.82 Å². The highest BCUT2D eigenvalue weighted by atomic mass is 19.1. The summed E-state index contributed by atoms with van der Waals surface area (Å²) in [4.78, 5) is 9.80. The molecule has 1 aliphatic rings. The van der Waals surface area contributed by atoms with Gasteiger partial charge in [-0.25, -0.2) is 14.4 Å². The molecule has 1 fully saturated rings. The maximum Gasteiger partial charge on any atom is 0.186 e. The lowest BCUT2D eigenvalue weighted by molar-refractivity contribution is 0.473. The third kappa shape index (κ3) is 2.07. The molecule has 1 aromatic heterocycles. The number of nitrogens with zero attached hydrogens (tertiary/aromatic N) is 3. The summed E-state index contributed by atoms with van der Waals surface area (Å²) in [6.45, 7) is 6.18. The van der Waals surface area contributed by atoms with E-state index >= 15 is 0 Å². The second kappa shape index (κ2) is 4.10. The third-order valence-corrected chi connectivity index (χ3v) is 2.61. The van der Waals surface area contributed by atoms with E-state index in [0.717, 1.165) is 19.6 Å². The first-order chi connectivity index (χ1) is 7.18. The molecule has 0 unspecified atom stereocenters. The Hall–Kier alpha value is -1.23. The van der Waals surface area contributed by atoms with Gasteiger partial charge in [0, 0.05) is 25.7 Å². The van der Waals surface area contributed by atoms with Crippen molar-refractivity contribution >= 4 is 5.82 Å². The van der Waals surface area contributed by atoms with Gasteiger partial charge in [-0.2, -0.15) is 0 Å². The molecule has 5 heteroatoms. The molecule has 2 heterocycles. The van der Waals surface area contributed by atoms with Gasteiger partial charge in [0.05, 0.1) is 5.69 Å². The van der Waals surface area contributed by atoms with Crippen LogP contribution in [0.15, 0.2) is 6.33 Å². The van der Waals surface area contributed by atoms with Crippen LogP contribution in [-0.2, 0) is 0 Å². The molecule has 0 aliphatic carbocycles. The van der Waals surface area contributed by atoms with E-state index in [4.69, 9.17) is 0 Å². The van der Waals surface area contributed by atoms with Crippen molar-refractivity contribution in [3.05, 3.63) is 17.8 Å². The number of hydrogen-bond donors (Lipinski definition) is 1. The van der Waals surface area contributed by atoms with Crippen molar-refractivity contribution in [2.24, 2.45) is 0 Å². The van der Waals surface area contributed by atoms with Gasteiger partial charge in [-0.15, -0.1) is 0 Å². The molecule has 1 aromatic rings. The third-order valence-electron chi connectivity index (χ3n) is 2.61. The highest BCUT2D eigenvalue weighted by molar-refractivity contribution is 5.41. The summed E-state index contributed by atoms with van der Waals surface area (Å²) in [7, 11) is 0. The first-order valence-corrected chi connectivity index (χ1v) is 5.14. The zero-order chi connectivity index (χ0) is 10.8. The van der Waals surface area contributed by atoms with Crippen LogP contribution in [0.4, 0.5) is 10.2 Å². The van der Waals surface area contributed by atoms with Gasteiger partial charge in [0.2, 0.25) is 0 Å². The first-order valence-electron chi connectivity index (χ1n) is 5.14. The fraction of sp³-hybridized carbons (Fsp3) is 0.600. The molecule has 1 atom stereocenters. The monoisotopic (exact) mass is 210 g/mol. The van der Waals surface area contributed by atoms with Crippen LogP contribution in [-0.4, -0.2) is 35.6 Å². The maximum atomic E-state index is 13.7. The van der Waals surface area contributed by atoms with Crippen molar-refractivity contribution in [2.45, 2.75) is 19.9 Å². The second-order valence-corrected chi connectivity index (χ2v) is 3.90. The van der Waals surface area contributed by atoms with Crippen molar-refractivity contribution < 1.29 is 4.39 Å². The number of anilines is 1. The Bertz CT molecular complexity index is 355. The van der Waals surface area contributed by atoms with Crippen molar-refractivity contribution in [3.63, 3.8) is 0 Å². The lowest BCUT2D eigenvalue weighted by Crippen LogP contribution is -2.49. The number of piperazine rings is 1. The van der Waals surface area contributed by atoms with Gasteiger partial charge in [-0.1, -0.05) is 0 Å². The molecule has 82 valence electrons. The second-order valence-electron chi connectivity index (χ2n) is 3.90. The van der Waals surface area contributed by atoms with Crippen LogP contribution in [0, 0.1) is 12.7 Å². The van der Waals surface area contributed by atoms with Crippen LogP contribution in [0.5, 0.6) is 0 Å². The Labute approximate surface area is 88.5 Å². The lowest BCUT2D eigenvalue weighted by atomic mass is 10.2. The molecule has 1 aliphatic heterocycles. The number of halogens is 1. The summed E-state index contributed by atoms with van der Waals surface area (Å²) in [5, 5.41) is 3.31. The van der Waals surface area contributed by atoms with Gasteiger partial charge in [0.25, 0.3) is 0 Å². The van der Waals surface area contributed by atoms with Crippen LogP contribution in [0.3, 0.4) is 0 Å². The smallest absolute Gasteiger partial charge is 0.186 e. The van der Waals surface area contributed by atoms with Gasteiger partial charge in [-0.05, 0) is 13.8 Å². The van der Waals surface area contributed by atoms with E-state index in [2.05, 4.69) is 22.2 Å². The van der Waals surface area contributed by atoms with Crippen molar-refractivity contribution in [2.75, 3.05) is 24.5 Å².